The van der Waals surface area contributed by atoms with Crippen LogP contribution in [0.15, 0.2) is 36.5 Å². The van der Waals surface area contributed by atoms with Crippen molar-refractivity contribution < 1.29 is 9.72 Å². The normalized spacial score (nSPS) is 12.5. The van der Waals surface area contributed by atoms with E-state index in [0.29, 0.717) is 11.5 Å². The molecule has 0 bridgehead atoms. The van der Waals surface area contributed by atoms with Crippen LogP contribution in [0.25, 0.3) is 0 Å². The van der Waals surface area contributed by atoms with Crippen LogP contribution in [0.3, 0.4) is 0 Å². The second kappa shape index (κ2) is 8.57. The molecule has 0 radical (unpaired) electrons. The molecular formula is C15H16Cl3N5O3. The number of rotatable bonds is 7. The number of benzene rings is 1. The molecule has 0 fully saturated rings. The largest absolute Gasteiger partial charge is 0.362 e. The standard InChI is InChI=1S/C15H16Cl3N5O3/c1-10-19-9-13(23(25)26)22(10)8-7-12(24)21-14(15(16,17)18)20-11-5-3-2-4-6-11/h2-6,9,14,20H,7-8H2,1H3,(H,21,24). The molecule has 1 unspecified atom stereocenters. The van der Waals surface area contributed by atoms with E-state index < -0.39 is 20.8 Å². The molecule has 2 aromatic rings. The van der Waals surface area contributed by atoms with Gasteiger partial charge in [0.2, 0.25) is 9.70 Å². The van der Waals surface area contributed by atoms with Crippen LogP contribution in [0.1, 0.15) is 12.2 Å². The number of carbonyl (C=O) groups excluding carboxylic acids is 1. The Hall–Kier alpha value is -2.03. The van der Waals surface area contributed by atoms with Gasteiger partial charge in [0.25, 0.3) is 0 Å². The Balaban J connectivity index is 2.02. The Morgan fingerprint density at radius 3 is 2.58 bits per heavy atom. The molecule has 1 heterocycles. The van der Waals surface area contributed by atoms with Crippen LogP contribution < -0.4 is 10.6 Å². The maximum Gasteiger partial charge on any atom is 0.342 e. The van der Waals surface area contributed by atoms with Gasteiger partial charge in [-0.3, -0.25) is 4.79 Å². The van der Waals surface area contributed by atoms with Crippen molar-refractivity contribution in [1.29, 1.82) is 0 Å². The first-order valence-electron chi connectivity index (χ1n) is 7.52. The summed E-state index contributed by atoms with van der Waals surface area (Å²) in [5, 5.41) is 16.5. The third-order valence-corrected chi connectivity index (χ3v) is 4.16. The summed E-state index contributed by atoms with van der Waals surface area (Å²) in [4.78, 5) is 26.6. The number of nitrogens with one attached hydrogen (secondary N) is 2. The second-order valence-corrected chi connectivity index (χ2v) is 7.74. The highest BCUT2D eigenvalue weighted by Gasteiger charge is 2.34. The van der Waals surface area contributed by atoms with Crippen molar-refractivity contribution in [1.82, 2.24) is 14.9 Å². The summed E-state index contributed by atoms with van der Waals surface area (Å²) >= 11 is 17.8. The van der Waals surface area contributed by atoms with Gasteiger partial charge in [0.05, 0.1) is 6.42 Å². The third kappa shape index (κ3) is 5.48. The molecule has 1 aromatic heterocycles. The van der Waals surface area contributed by atoms with Gasteiger partial charge in [-0.25, -0.2) is 9.55 Å². The highest BCUT2D eigenvalue weighted by atomic mass is 35.6. The van der Waals surface area contributed by atoms with Gasteiger partial charge in [-0.15, -0.1) is 0 Å². The Labute approximate surface area is 164 Å². The summed E-state index contributed by atoms with van der Waals surface area (Å²) < 4.78 is -0.461. The zero-order chi connectivity index (χ0) is 19.3. The Kier molecular flexibility index (Phi) is 6.69. The molecule has 1 atom stereocenters. The number of aryl methyl sites for hydroxylation is 1. The molecule has 1 amide bonds. The Morgan fingerprint density at radius 2 is 2.00 bits per heavy atom. The molecule has 0 saturated heterocycles. The van der Waals surface area contributed by atoms with E-state index in [9.17, 15) is 14.9 Å². The van der Waals surface area contributed by atoms with E-state index in [1.807, 2.05) is 6.07 Å². The van der Waals surface area contributed by atoms with Crippen LogP contribution in [-0.4, -0.2) is 30.3 Å². The molecule has 0 aliphatic heterocycles. The van der Waals surface area contributed by atoms with E-state index in [2.05, 4.69) is 15.6 Å². The summed E-state index contributed by atoms with van der Waals surface area (Å²) in [7, 11) is 0. The van der Waals surface area contributed by atoms with Crippen molar-refractivity contribution in [3.8, 4) is 0 Å². The van der Waals surface area contributed by atoms with Crippen LogP contribution >= 0.6 is 34.8 Å². The summed E-state index contributed by atoms with van der Waals surface area (Å²) in [5.74, 6) is -0.187. The van der Waals surface area contributed by atoms with Gasteiger partial charge in [0, 0.05) is 12.6 Å². The van der Waals surface area contributed by atoms with Gasteiger partial charge < -0.3 is 20.7 Å². The maximum atomic E-state index is 12.2. The SMILES string of the molecule is Cc1ncc([N+](=O)[O-])n1CCC(=O)NC(Nc1ccccc1)C(Cl)(Cl)Cl. The molecule has 0 spiro atoms. The monoisotopic (exact) mass is 419 g/mol. The van der Waals surface area contributed by atoms with Crippen molar-refractivity contribution >= 4 is 52.2 Å². The van der Waals surface area contributed by atoms with Gasteiger partial charge >= 0.3 is 5.82 Å². The average molecular weight is 421 g/mol. The number of nitro groups is 1. The zero-order valence-corrected chi connectivity index (χ0v) is 15.9. The van der Waals surface area contributed by atoms with E-state index in [4.69, 9.17) is 34.8 Å². The average Bonchev–Trinajstić information content (AvgIpc) is 2.93. The van der Waals surface area contributed by atoms with E-state index >= 15 is 0 Å². The Bertz CT molecular complexity index is 777. The molecule has 1 aromatic carbocycles. The number of carbonyl (C=O) groups is 1. The van der Waals surface area contributed by atoms with Crippen LogP contribution in [0, 0.1) is 17.0 Å². The zero-order valence-electron chi connectivity index (χ0n) is 13.7. The first kappa shape index (κ1) is 20.3. The number of hydrogen-bond acceptors (Lipinski definition) is 5. The lowest BCUT2D eigenvalue weighted by Crippen LogP contribution is -2.49. The fourth-order valence-corrected chi connectivity index (χ4v) is 2.55. The topological polar surface area (TPSA) is 102 Å². The quantitative estimate of drug-likeness (QED) is 0.309. The number of halogens is 3. The van der Waals surface area contributed by atoms with Crippen molar-refractivity contribution in [2.75, 3.05) is 5.32 Å². The van der Waals surface area contributed by atoms with Gasteiger partial charge in [0.15, 0.2) is 5.82 Å². The van der Waals surface area contributed by atoms with Gasteiger partial charge in [-0.05, 0) is 17.1 Å². The van der Waals surface area contributed by atoms with E-state index in [1.165, 1.54) is 4.57 Å². The minimum Gasteiger partial charge on any atom is -0.362 e. The summed E-state index contributed by atoms with van der Waals surface area (Å²) in [5.41, 5.74) is 0.658. The van der Waals surface area contributed by atoms with E-state index in [-0.39, 0.29) is 18.8 Å². The van der Waals surface area contributed by atoms with Crippen LogP contribution in [0.5, 0.6) is 0 Å². The number of para-hydroxylation sites is 1. The lowest BCUT2D eigenvalue weighted by atomic mass is 10.3. The minimum absolute atomic E-state index is 0.0498. The number of anilines is 1. The molecule has 2 rings (SSSR count). The number of alkyl halides is 3. The van der Waals surface area contributed by atoms with Crippen molar-refractivity contribution in [2.24, 2.45) is 0 Å². The number of imidazole rings is 1. The smallest absolute Gasteiger partial charge is 0.342 e. The van der Waals surface area contributed by atoms with Crippen LogP contribution in [0.4, 0.5) is 11.5 Å². The summed E-state index contributed by atoms with van der Waals surface area (Å²) in [6.45, 7) is 1.69. The molecular weight excluding hydrogens is 405 g/mol. The van der Waals surface area contributed by atoms with Crippen molar-refractivity contribution in [3.63, 3.8) is 0 Å². The first-order valence-corrected chi connectivity index (χ1v) is 8.66. The van der Waals surface area contributed by atoms with Crippen LogP contribution in [-0.2, 0) is 11.3 Å². The number of nitrogens with zero attached hydrogens (tertiary/aromatic N) is 3. The first-order chi connectivity index (χ1) is 12.2. The molecule has 26 heavy (non-hydrogen) atoms. The van der Waals surface area contributed by atoms with Gasteiger partial charge in [0.1, 0.15) is 18.9 Å². The minimum atomic E-state index is -1.80. The fourth-order valence-electron chi connectivity index (χ4n) is 2.23. The number of amides is 1. The molecule has 0 aliphatic carbocycles. The number of aromatic nitrogens is 2. The summed E-state index contributed by atoms with van der Waals surface area (Å²) in [6.07, 6.45) is 0.112. The highest BCUT2D eigenvalue weighted by Crippen LogP contribution is 2.31. The Morgan fingerprint density at radius 1 is 1.35 bits per heavy atom. The fraction of sp³-hybridized carbons (Fsp3) is 0.333. The van der Waals surface area contributed by atoms with Crippen molar-refractivity contribution in [2.45, 2.75) is 29.8 Å². The predicted octanol–water partition coefficient (Wildman–Crippen LogP) is 3.41. The second-order valence-electron chi connectivity index (χ2n) is 5.37. The highest BCUT2D eigenvalue weighted by molar-refractivity contribution is 6.68. The van der Waals surface area contributed by atoms with E-state index in [1.54, 1.807) is 31.2 Å². The molecule has 11 heteroatoms. The molecule has 140 valence electrons. The van der Waals surface area contributed by atoms with Gasteiger partial charge in [-0.1, -0.05) is 53.0 Å². The molecule has 8 nitrogen and oxygen atoms in total. The maximum absolute atomic E-state index is 12.2. The van der Waals surface area contributed by atoms with Crippen LogP contribution in [0.2, 0.25) is 0 Å². The molecule has 2 N–H and O–H groups in total. The predicted molar refractivity (Wildman–Crippen MR) is 101 cm³/mol. The van der Waals surface area contributed by atoms with E-state index in [0.717, 1.165) is 6.20 Å². The molecule has 0 aliphatic rings. The third-order valence-electron chi connectivity index (χ3n) is 3.50. The lowest BCUT2D eigenvalue weighted by molar-refractivity contribution is -0.392. The lowest BCUT2D eigenvalue weighted by Gasteiger charge is -2.27. The number of hydrogen-bond donors (Lipinski definition) is 2. The summed E-state index contributed by atoms with van der Waals surface area (Å²) in [6, 6.07) is 8.93. The van der Waals surface area contributed by atoms with Crippen molar-refractivity contribution in [3.05, 3.63) is 52.5 Å². The van der Waals surface area contributed by atoms with Gasteiger partial charge in [-0.2, -0.15) is 0 Å². The molecule has 0 saturated carbocycles.